The van der Waals surface area contributed by atoms with E-state index in [1.807, 2.05) is 12.1 Å². The van der Waals surface area contributed by atoms with Crippen LogP contribution in [0.4, 0.5) is 0 Å². The molecule has 0 aromatic heterocycles. The van der Waals surface area contributed by atoms with Crippen LogP contribution in [0.1, 0.15) is 38.5 Å². The molecule has 0 aliphatic heterocycles. The highest BCUT2D eigenvalue weighted by molar-refractivity contribution is 9.10. The van der Waals surface area contributed by atoms with Crippen LogP contribution >= 0.6 is 55.1 Å². The van der Waals surface area contributed by atoms with Gasteiger partial charge in [0, 0.05) is 22.0 Å². The van der Waals surface area contributed by atoms with E-state index < -0.39 is 0 Å². The Labute approximate surface area is 227 Å². The van der Waals surface area contributed by atoms with Crippen LogP contribution in [-0.2, 0) is 9.59 Å². The highest BCUT2D eigenvalue weighted by Crippen LogP contribution is 2.28. The van der Waals surface area contributed by atoms with Gasteiger partial charge in [-0.25, -0.2) is 0 Å². The number of unbranched alkanes of at least 4 members (excludes halogenated alkanes) is 5. The van der Waals surface area contributed by atoms with Crippen LogP contribution in [0.5, 0.6) is 11.5 Å². The van der Waals surface area contributed by atoms with E-state index in [0.717, 1.165) is 47.5 Å². The molecule has 2 aromatic carbocycles. The Hall–Kier alpha value is -1.48. The molecule has 0 bridgehead atoms. The standard InChI is InChI=1S/C24H28Br2Cl2N2O4/c25-17-7-9-21(19(27)13-17)33-15-23(31)29-11-5-3-1-2-4-6-12-30-24(32)16-34-22-10-8-18(26)14-20(22)28/h7-10,13-14H,1-6,11-12,15-16H2,(H,29,31)(H,30,32). The topological polar surface area (TPSA) is 76.7 Å². The number of hydrogen-bond donors (Lipinski definition) is 2. The molecular formula is C24H28Br2Cl2N2O4. The molecular weight excluding hydrogens is 611 g/mol. The average Bonchev–Trinajstić information content (AvgIpc) is 2.79. The fourth-order valence-electron chi connectivity index (χ4n) is 2.99. The molecule has 0 saturated heterocycles. The second-order valence-corrected chi connectivity index (χ2v) is 10.2. The third-order valence-corrected chi connectivity index (χ3v) is 6.33. The van der Waals surface area contributed by atoms with Crippen LogP contribution in [0.25, 0.3) is 0 Å². The molecule has 0 saturated carbocycles. The van der Waals surface area contributed by atoms with Crippen molar-refractivity contribution in [2.45, 2.75) is 38.5 Å². The maximum Gasteiger partial charge on any atom is 0.257 e. The molecule has 0 heterocycles. The van der Waals surface area contributed by atoms with Crippen LogP contribution in [0.2, 0.25) is 10.0 Å². The lowest BCUT2D eigenvalue weighted by atomic mass is 10.1. The van der Waals surface area contributed by atoms with E-state index in [0.29, 0.717) is 34.6 Å². The zero-order valence-corrected chi connectivity index (χ0v) is 23.4. The van der Waals surface area contributed by atoms with E-state index in [2.05, 4.69) is 42.5 Å². The number of ether oxygens (including phenoxy) is 2. The molecule has 0 atom stereocenters. The van der Waals surface area contributed by atoms with Crippen molar-refractivity contribution in [2.75, 3.05) is 26.3 Å². The van der Waals surface area contributed by atoms with E-state index in [1.54, 1.807) is 24.3 Å². The second kappa shape index (κ2) is 16.2. The summed E-state index contributed by atoms with van der Waals surface area (Å²) in [5.41, 5.74) is 0. The first-order valence-electron chi connectivity index (χ1n) is 11.0. The molecule has 2 amide bonds. The van der Waals surface area contributed by atoms with Gasteiger partial charge in [-0.1, -0.05) is 80.7 Å². The van der Waals surface area contributed by atoms with Gasteiger partial charge in [0.2, 0.25) is 0 Å². The molecule has 0 aliphatic rings. The van der Waals surface area contributed by atoms with Crippen LogP contribution in [-0.4, -0.2) is 38.1 Å². The zero-order chi connectivity index (χ0) is 24.8. The van der Waals surface area contributed by atoms with Crippen LogP contribution in [0, 0.1) is 0 Å². The van der Waals surface area contributed by atoms with E-state index in [4.69, 9.17) is 32.7 Å². The first kappa shape index (κ1) is 28.8. The summed E-state index contributed by atoms with van der Waals surface area (Å²) in [6.07, 6.45) is 6.07. The molecule has 0 radical (unpaired) electrons. The molecule has 2 rings (SSSR count). The van der Waals surface area contributed by atoms with Crippen molar-refractivity contribution in [3.8, 4) is 11.5 Å². The van der Waals surface area contributed by atoms with Crippen LogP contribution in [0.3, 0.4) is 0 Å². The Morgan fingerprint density at radius 1 is 0.676 bits per heavy atom. The summed E-state index contributed by atoms with van der Waals surface area (Å²) in [6, 6.07) is 10.5. The quantitative estimate of drug-likeness (QED) is 0.217. The second-order valence-electron chi connectivity index (χ2n) is 7.55. The summed E-state index contributed by atoms with van der Waals surface area (Å²) in [4.78, 5) is 23.7. The number of hydrogen-bond acceptors (Lipinski definition) is 4. The third kappa shape index (κ3) is 11.8. The molecule has 186 valence electrons. The first-order valence-corrected chi connectivity index (χ1v) is 13.4. The Kier molecular flexibility index (Phi) is 13.7. The molecule has 0 spiro atoms. The summed E-state index contributed by atoms with van der Waals surface area (Å²) in [5, 5.41) is 6.62. The number of benzene rings is 2. The number of carbonyl (C=O) groups excluding carboxylic acids is 2. The van der Waals surface area contributed by atoms with Gasteiger partial charge in [-0.2, -0.15) is 0 Å². The molecule has 2 aromatic rings. The number of nitrogens with one attached hydrogen (secondary N) is 2. The monoisotopic (exact) mass is 636 g/mol. The average molecular weight is 639 g/mol. The summed E-state index contributed by atoms with van der Waals surface area (Å²) < 4.78 is 12.6. The third-order valence-electron chi connectivity index (χ3n) is 4.75. The van der Waals surface area contributed by atoms with Crippen molar-refractivity contribution in [1.82, 2.24) is 10.6 Å². The smallest absolute Gasteiger partial charge is 0.257 e. The van der Waals surface area contributed by atoms with E-state index >= 15 is 0 Å². The molecule has 0 unspecified atom stereocenters. The van der Waals surface area contributed by atoms with Gasteiger partial charge in [-0.3, -0.25) is 9.59 Å². The molecule has 34 heavy (non-hydrogen) atoms. The van der Waals surface area contributed by atoms with Gasteiger partial charge >= 0.3 is 0 Å². The van der Waals surface area contributed by atoms with E-state index in [-0.39, 0.29) is 25.0 Å². The van der Waals surface area contributed by atoms with Crippen molar-refractivity contribution < 1.29 is 19.1 Å². The molecule has 10 heteroatoms. The predicted octanol–water partition coefficient (Wildman–Crippen LogP) is 6.55. The zero-order valence-electron chi connectivity index (χ0n) is 18.7. The van der Waals surface area contributed by atoms with Crippen molar-refractivity contribution >= 4 is 66.9 Å². The molecule has 0 aliphatic carbocycles. The Bertz CT molecular complexity index is 872. The Balaban J connectivity index is 1.41. The van der Waals surface area contributed by atoms with Gasteiger partial charge in [-0.15, -0.1) is 0 Å². The SMILES string of the molecule is O=C(COc1ccc(Br)cc1Cl)NCCCCCCCCNC(=O)COc1ccc(Br)cc1Cl. The fourth-order valence-corrected chi connectivity index (χ4v) is 4.44. The summed E-state index contributed by atoms with van der Waals surface area (Å²) in [6.45, 7) is 1.12. The van der Waals surface area contributed by atoms with Gasteiger partial charge in [0.15, 0.2) is 13.2 Å². The highest BCUT2D eigenvalue weighted by atomic mass is 79.9. The number of halogens is 4. The maximum atomic E-state index is 11.9. The molecule has 6 nitrogen and oxygen atoms in total. The van der Waals surface area contributed by atoms with Gasteiger partial charge < -0.3 is 20.1 Å². The summed E-state index contributed by atoms with van der Waals surface area (Å²) in [5.74, 6) is 0.637. The minimum atomic E-state index is -0.166. The van der Waals surface area contributed by atoms with Gasteiger partial charge in [0.05, 0.1) is 10.0 Å². The van der Waals surface area contributed by atoms with Gasteiger partial charge in [-0.05, 0) is 49.2 Å². The predicted molar refractivity (Wildman–Crippen MR) is 143 cm³/mol. The number of rotatable bonds is 15. The van der Waals surface area contributed by atoms with Gasteiger partial charge in [0.25, 0.3) is 11.8 Å². The van der Waals surface area contributed by atoms with Crippen LogP contribution < -0.4 is 20.1 Å². The minimum absolute atomic E-state index is 0.0612. The highest BCUT2D eigenvalue weighted by Gasteiger charge is 2.07. The Morgan fingerprint density at radius 3 is 1.44 bits per heavy atom. The molecule has 0 fully saturated rings. The fraction of sp³-hybridized carbons (Fsp3) is 0.417. The molecule has 2 N–H and O–H groups in total. The van der Waals surface area contributed by atoms with Crippen molar-refractivity contribution in [3.63, 3.8) is 0 Å². The summed E-state index contributed by atoms with van der Waals surface area (Å²) in [7, 11) is 0. The normalized spacial score (nSPS) is 10.6. The van der Waals surface area contributed by atoms with Crippen molar-refractivity contribution in [3.05, 3.63) is 55.4 Å². The lowest BCUT2D eigenvalue weighted by Gasteiger charge is -2.09. The number of amides is 2. The first-order chi connectivity index (χ1) is 16.3. The summed E-state index contributed by atoms with van der Waals surface area (Å²) >= 11 is 18.8. The number of carbonyl (C=O) groups is 2. The lowest BCUT2D eigenvalue weighted by molar-refractivity contribution is -0.123. The van der Waals surface area contributed by atoms with Crippen molar-refractivity contribution in [1.29, 1.82) is 0 Å². The van der Waals surface area contributed by atoms with E-state index in [9.17, 15) is 9.59 Å². The van der Waals surface area contributed by atoms with Crippen LogP contribution in [0.15, 0.2) is 45.3 Å². The Morgan fingerprint density at radius 2 is 1.06 bits per heavy atom. The van der Waals surface area contributed by atoms with E-state index in [1.165, 1.54) is 0 Å². The largest absolute Gasteiger partial charge is 0.482 e. The van der Waals surface area contributed by atoms with Gasteiger partial charge in [0.1, 0.15) is 11.5 Å². The van der Waals surface area contributed by atoms with Crippen molar-refractivity contribution in [2.24, 2.45) is 0 Å². The minimum Gasteiger partial charge on any atom is -0.482 e. The maximum absolute atomic E-state index is 11.9. The lowest BCUT2D eigenvalue weighted by Crippen LogP contribution is -2.29.